The van der Waals surface area contributed by atoms with Crippen LogP contribution in [-0.4, -0.2) is 196 Å². The summed E-state index contributed by atoms with van der Waals surface area (Å²) >= 11 is 0. The molecular weight excluding hydrogens is 796 g/mol. The van der Waals surface area contributed by atoms with Gasteiger partial charge in [-0.15, -0.1) is 0 Å². The van der Waals surface area contributed by atoms with Crippen LogP contribution >= 0.6 is 0 Å². The molecule has 3 saturated heterocycles. The van der Waals surface area contributed by atoms with Gasteiger partial charge in [-0.25, -0.2) is 9.59 Å². The SMILES string of the molecule is COC(=O)[C@H](CC(=O)N[C@@H]1O[C@H](CO)[C@@H](O[C@@H]2O[C@H](CO)[C@@H](O[C@@H]3O[C@H](CO)[C@@H](O)[C@H](O)[C@H]3O)[C@H](O)[C@H]2NC(C)=O)[C@H](O)[C@H]1NC(C)=O)NC(=O)OCc1ccccc1. The van der Waals surface area contributed by atoms with E-state index in [-0.39, 0.29) is 6.61 Å². The highest BCUT2D eigenvalue weighted by molar-refractivity contribution is 5.88. The Bertz CT molecular complexity index is 1560. The van der Waals surface area contributed by atoms with Crippen molar-refractivity contribution in [2.75, 3.05) is 26.9 Å². The number of benzene rings is 1. The number of carbonyl (C=O) groups is 5. The summed E-state index contributed by atoms with van der Waals surface area (Å²) in [5.74, 6) is -3.47. The molecule has 24 nitrogen and oxygen atoms in total. The van der Waals surface area contributed by atoms with Gasteiger partial charge in [0.25, 0.3) is 0 Å². The van der Waals surface area contributed by atoms with Gasteiger partial charge in [0.05, 0.1) is 33.4 Å². The molecule has 1 aromatic carbocycles. The van der Waals surface area contributed by atoms with Crippen LogP contribution in [0.1, 0.15) is 25.8 Å². The van der Waals surface area contributed by atoms with Crippen molar-refractivity contribution in [3.05, 3.63) is 35.9 Å². The number of aliphatic hydroxyl groups excluding tert-OH is 8. The highest BCUT2D eigenvalue weighted by Crippen LogP contribution is 2.32. The van der Waals surface area contributed by atoms with Crippen LogP contribution in [0.5, 0.6) is 0 Å². The number of esters is 1. The van der Waals surface area contributed by atoms with E-state index in [1.807, 2.05) is 0 Å². The second-order valence-corrected chi connectivity index (χ2v) is 13.9. The topological polar surface area (TPSA) is 360 Å². The predicted molar refractivity (Wildman–Crippen MR) is 191 cm³/mol. The fourth-order valence-electron chi connectivity index (χ4n) is 6.66. The molecule has 0 aromatic heterocycles. The largest absolute Gasteiger partial charge is 0.467 e. The average molecular weight is 849 g/mol. The van der Waals surface area contributed by atoms with Crippen molar-refractivity contribution in [2.45, 2.75) is 125 Å². The molecule has 1 aromatic rings. The van der Waals surface area contributed by atoms with Gasteiger partial charge < -0.3 is 95.3 Å². The van der Waals surface area contributed by atoms with E-state index >= 15 is 0 Å². The Morgan fingerprint density at radius 1 is 0.678 bits per heavy atom. The lowest BCUT2D eigenvalue weighted by atomic mass is 9.93. The van der Waals surface area contributed by atoms with Crippen molar-refractivity contribution < 1.29 is 98.0 Å². The third-order valence-electron chi connectivity index (χ3n) is 9.61. The molecular formula is C35H52N4O20. The molecule has 0 bridgehead atoms. The molecule has 0 unspecified atom stereocenters. The minimum absolute atomic E-state index is 0.154. The number of hydrogen-bond acceptors (Lipinski definition) is 20. The quantitative estimate of drug-likeness (QED) is 0.0688. The minimum atomic E-state index is -1.92. The number of carbonyl (C=O) groups excluding carboxylic acids is 5. The van der Waals surface area contributed by atoms with E-state index in [4.69, 9.17) is 33.2 Å². The molecule has 3 aliphatic rings. The zero-order valence-corrected chi connectivity index (χ0v) is 32.1. The molecule has 0 spiro atoms. The van der Waals surface area contributed by atoms with Crippen LogP contribution < -0.4 is 21.3 Å². The predicted octanol–water partition coefficient (Wildman–Crippen LogP) is -6.30. The summed E-state index contributed by atoms with van der Waals surface area (Å²) in [6, 6.07) is 3.86. The van der Waals surface area contributed by atoms with Gasteiger partial charge >= 0.3 is 12.1 Å². The molecule has 0 aliphatic carbocycles. The van der Waals surface area contributed by atoms with E-state index in [9.17, 15) is 64.8 Å². The molecule has 3 heterocycles. The molecule has 12 N–H and O–H groups in total. The number of aliphatic hydroxyl groups is 8. The van der Waals surface area contributed by atoms with E-state index in [0.717, 1.165) is 21.0 Å². The van der Waals surface area contributed by atoms with Crippen LogP contribution in [0.2, 0.25) is 0 Å². The monoisotopic (exact) mass is 848 g/mol. The van der Waals surface area contributed by atoms with Crippen molar-refractivity contribution in [2.24, 2.45) is 0 Å². The van der Waals surface area contributed by atoms with Gasteiger partial charge in [0.1, 0.15) is 85.8 Å². The lowest BCUT2D eigenvalue weighted by Gasteiger charge is -2.49. The summed E-state index contributed by atoms with van der Waals surface area (Å²) in [5, 5.41) is 93.5. The molecule has 59 heavy (non-hydrogen) atoms. The Balaban J connectivity index is 1.50. The van der Waals surface area contributed by atoms with Crippen LogP contribution in [0.4, 0.5) is 4.79 Å². The first-order valence-electron chi connectivity index (χ1n) is 18.4. The number of nitrogens with one attached hydrogen (secondary N) is 4. The van der Waals surface area contributed by atoms with Crippen molar-refractivity contribution >= 4 is 29.8 Å². The van der Waals surface area contributed by atoms with E-state index < -0.39 is 154 Å². The lowest BCUT2D eigenvalue weighted by Crippen LogP contribution is -2.71. The number of amides is 4. The third-order valence-corrected chi connectivity index (χ3v) is 9.61. The van der Waals surface area contributed by atoms with Gasteiger partial charge in [0.2, 0.25) is 17.7 Å². The van der Waals surface area contributed by atoms with Crippen LogP contribution in [0.3, 0.4) is 0 Å². The Morgan fingerprint density at radius 2 is 1.22 bits per heavy atom. The third kappa shape index (κ3) is 12.2. The normalized spacial score (nSPS) is 35.1. The van der Waals surface area contributed by atoms with E-state index in [1.165, 1.54) is 0 Å². The van der Waals surface area contributed by atoms with Gasteiger partial charge in [-0.2, -0.15) is 0 Å². The Morgan fingerprint density at radius 3 is 1.80 bits per heavy atom. The van der Waals surface area contributed by atoms with Crippen molar-refractivity contribution in [3.8, 4) is 0 Å². The summed E-state index contributed by atoms with van der Waals surface area (Å²) < 4.78 is 38.6. The van der Waals surface area contributed by atoms with Crippen LogP contribution in [0.25, 0.3) is 0 Å². The smallest absolute Gasteiger partial charge is 0.408 e. The number of ether oxygens (including phenoxy) is 7. The maximum atomic E-state index is 13.3. The fraction of sp³-hybridized carbons (Fsp3) is 0.686. The van der Waals surface area contributed by atoms with Crippen molar-refractivity contribution in [1.29, 1.82) is 0 Å². The zero-order valence-electron chi connectivity index (χ0n) is 32.1. The molecule has 4 amide bonds. The first-order chi connectivity index (χ1) is 28.0. The Labute approximate surface area is 336 Å². The molecule has 0 radical (unpaired) electrons. The maximum Gasteiger partial charge on any atom is 0.408 e. The molecule has 16 atom stereocenters. The first kappa shape index (κ1) is 47.5. The first-order valence-corrected chi connectivity index (χ1v) is 18.4. The van der Waals surface area contributed by atoms with E-state index in [1.54, 1.807) is 30.3 Å². The Kier molecular flexibility index (Phi) is 17.7. The van der Waals surface area contributed by atoms with Crippen LogP contribution in [-0.2, 0) is 58.9 Å². The second-order valence-electron chi connectivity index (χ2n) is 13.9. The standard InChI is InChI=1S/C35H52N4O20/c1-14(43)36-22-25(47)29(19(11-41)55-31(22)39-21(45)9-17(32(51)53-3)38-35(52)54-13-16-7-5-4-6-8-16)58-33-23(37-15(2)44)26(48)30(20(12-42)57-33)59-34-28(50)27(49)24(46)18(10-40)56-34/h4-8,17-20,22-31,33-34,40-42,46-50H,9-13H2,1-3H3,(H,36,43)(H,37,44)(H,38,52)(H,39,45)/t17-,18+,19+,20+,22+,23+,24+,25+,26+,27-,28+,29+,30+,31+,33-,34-/m0/s1. The van der Waals surface area contributed by atoms with E-state index in [0.29, 0.717) is 5.56 Å². The second kappa shape index (κ2) is 21.9. The molecule has 24 heteroatoms. The average Bonchev–Trinajstić information content (AvgIpc) is 3.20. The molecule has 4 rings (SSSR count). The van der Waals surface area contributed by atoms with Gasteiger partial charge in [0, 0.05) is 13.8 Å². The molecule has 3 aliphatic heterocycles. The summed E-state index contributed by atoms with van der Waals surface area (Å²) in [4.78, 5) is 62.9. The number of rotatable bonds is 16. The lowest BCUT2D eigenvalue weighted by molar-refractivity contribution is -0.358. The maximum absolute atomic E-state index is 13.3. The summed E-state index contributed by atoms with van der Waals surface area (Å²) in [6.07, 6.45) is -24.1. The van der Waals surface area contributed by atoms with Crippen LogP contribution in [0.15, 0.2) is 30.3 Å². The van der Waals surface area contributed by atoms with E-state index in [2.05, 4.69) is 21.3 Å². The van der Waals surface area contributed by atoms with Gasteiger partial charge in [0.15, 0.2) is 18.8 Å². The van der Waals surface area contributed by atoms with Gasteiger partial charge in [-0.05, 0) is 5.56 Å². The highest BCUT2D eigenvalue weighted by Gasteiger charge is 2.54. The molecule has 3 fully saturated rings. The summed E-state index contributed by atoms with van der Waals surface area (Å²) in [6.45, 7) is -0.633. The van der Waals surface area contributed by atoms with Crippen LogP contribution in [0, 0.1) is 0 Å². The molecule has 0 saturated carbocycles. The van der Waals surface area contributed by atoms with Gasteiger partial charge in [-0.1, -0.05) is 30.3 Å². The highest BCUT2D eigenvalue weighted by atomic mass is 16.7. The number of methoxy groups -OCH3 is 1. The molecule has 332 valence electrons. The zero-order chi connectivity index (χ0) is 43.6. The summed E-state index contributed by atoms with van der Waals surface area (Å²) in [5.41, 5.74) is 0.642. The number of hydrogen-bond donors (Lipinski definition) is 12. The number of alkyl carbamates (subject to hydrolysis) is 1. The van der Waals surface area contributed by atoms with Crippen molar-refractivity contribution in [1.82, 2.24) is 21.3 Å². The fourth-order valence-corrected chi connectivity index (χ4v) is 6.66. The summed E-state index contributed by atoms with van der Waals surface area (Å²) in [7, 11) is 1.02. The minimum Gasteiger partial charge on any atom is -0.467 e. The Hall–Kier alpha value is -4.15. The van der Waals surface area contributed by atoms with Gasteiger partial charge in [-0.3, -0.25) is 14.4 Å². The van der Waals surface area contributed by atoms with Crippen molar-refractivity contribution in [3.63, 3.8) is 0 Å².